The van der Waals surface area contributed by atoms with Gasteiger partial charge in [-0.05, 0) is 38.3 Å². The Morgan fingerprint density at radius 1 is 1.41 bits per heavy atom. The molecule has 4 nitrogen and oxygen atoms in total. The van der Waals surface area contributed by atoms with Gasteiger partial charge >= 0.3 is 0 Å². The Morgan fingerprint density at radius 3 is 2.76 bits per heavy atom. The fraction of sp³-hybridized carbons (Fsp3) is 0.923. The molecule has 0 spiro atoms. The third-order valence-electron chi connectivity index (χ3n) is 2.88. The average molecular weight is 242 g/mol. The monoisotopic (exact) mass is 242 g/mol. The summed E-state index contributed by atoms with van der Waals surface area (Å²) in [6.07, 6.45) is 4.17. The molecule has 4 heteroatoms. The van der Waals surface area contributed by atoms with Crippen LogP contribution in [-0.2, 0) is 9.53 Å². The van der Waals surface area contributed by atoms with Gasteiger partial charge in [0.1, 0.15) is 0 Å². The number of rotatable bonds is 7. The van der Waals surface area contributed by atoms with Gasteiger partial charge in [-0.15, -0.1) is 0 Å². The number of carbonyl (C=O) groups excluding carboxylic acids is 1. The fourth-order valence-electron chi connectivity index (χ4n) is 1.96. The summed E-state index contributed by atoms with van der Waals surface area (Å²) < 4.78 is 5.75. The van der Waals surface area contributed by atoms with Crippen LogP contribution in [0.4, 0.5) is 0 Å². The van der Waals surface area contributed by atoms with E-state index in [2.05, 4.69) is 24.5 Å². The van der Waals surface area contributed by atoms with Crippen molar-refractivity contribution in [3.05, 3.63) is 0 Å². The summed E-state index contributed by atoms with van der Waals surface area (Å²) in [6, 6.07) is 0. The predicted octanol–water partition coefficient (Wildman–Crippen LogP) is 1.31. The van der Waals surface area contributed by atoms with Gasteiger partial charge < -0.3 is 15.4 Å². The minimum atomic E-state index is 0.155. The summed E-state index contributed by atoms with van der Waals surface area (Å²) >= 11 is 0. The summed E-state index contributed by atoms with van der Waals surface area (Å²) in [7, 11) is 0. The van der Waals surface area contributed by atoms with Crippen molar-refractivity contribution in [1.82, 2.24) is 10.6 Å². The molecule has 0 unspecified atom stereocenters. The molecule has 0 bridgehead atoms. The molecule has 1 heterocycles. The highest BCUT2D eigenvalue weighted by molar-refractivity contribution is 5.75. The fourth-order valence-corrected chi connectivity index (χ4v) is 1.96. The van der Waals surface area contributed by atoms with E-state index in [1.807, 2.05) is 0 Å². The van der Waals surface area contributed by atoms with Crippen LogP contribution >= 0.6 is 0 Å². The first-order chi connectivity index (χ1) is 8.18. The molecule has 100 valence electrons. The van der Waals surface area contributed by atoms with Gasteiger partial charge in [0, 0.05) is 19.6 Å². The van der Waals surface area contributed by atoms with Crippen LogP contribution in [0.2, 0.25) is 0 Å². The Hall–Kier alpha value is -0.610. The van der Waals surface area contributed by atoms with E-state index in [0.29, 0.717) is 18.4 Å². The van der Waals surface area contributed by atoms with Gasteiger partial charge in [0.05, 0.1) is 6.10 Å². The average Bonchev–Trinajstić information content (AvgIpc) is 2.29. The number of carbonyl (C=O) groups is 1. The third-order valence-corrected chi connectivity index (χ3v) is 2.88. The molecule has 0 saturated carbocycles. The first kappa shape index (κ1) is 14.5. The molecule has 1 aliphatic heterocycles. The highest BCUT2D eigenvalue weighted by Crippen LogP contribution is 2.07. The Kier molecular flexibility index (Phi) is 7.21. The Labute approximate surface area is 104 Å². The molecule has 1 fully saturated rings. The zero-order valence-corrected chi connectivity index (χ0v) is 11.1. The molecule has 17 heavy (non-hydrogen) atoms. The quantitative estimate of drug-likeness (QED) is 0.662. The van der Waals surface area contributed by atoms with Crippen molar-refractivity contribution >= 4 is 5.91 Å². The largest absolute Gasteiger partial charge is 0.378 e. The maximum Gasteiger partial charge on any atom is 0.220 e. The van der Waals surface area contributed by atoms with E-state index in [-0.39, 0.29) is 5.91 Å². The number of hydrogen-bond donors (Lipinski definition) is 2. The van der Waals surface area contributed by atoms with Gasteiger partial charge in [-0.3, -0.25) is 4.79 Å². The van der Waals surface area contributed by atoms with Gasteiger partial charge in [-0.2, -0.15) is 0 Å². The first-order valence-electron chi connectivity index (χ1n) is 6.77. The minimum absolute atomic E-state index is 0.155. The molecule has 0 radical (unpaired) electrons. The van der Waals surface area contributed by atoms with E-state index in [1.54, 1.807) is 0 Å². The maximum atomic E-state index is 11.4. The van der Waals surface area contributed by atoms with Crippen molar-refractivity contribution in [2.24, 2.45) is 5.92 Å². The van der Waals surface area contributed by atoms with Crippen molar-refractivity contribution < 1.29 is 9.53 Å². The zero-order chi connectivity index (χ0) is 12.5. The van der Waals surface area contributed by atoms with Crippen LogP contribution < -0.4 is 10.6 Å². The van der Waals surface area contributed by atoms with E-state index < -0.39 is 0 Å². The lowest BCUT2D eigenvalue weighted by Gasteiger charge is -2.22. The van der Waals surface area contributed by atoms with Gasteiger partial charge in [0.25, 0.3) is 0 Å². The van der Waals surface area contributed by atoms with Crippen LogP contribution in [0.5, 0.6) is 0 Å². The number of piperidine rings is 1. The van der Waals surface area contributed by atoms with Crippen LogP contribution in [0.15, 0.2) is 0 Å². The summed E-state index contributed by atoms with van der Waals surface area (Å²) in [5.74, 6) is 0.586. The highest BCUT2D eigenvalue weighted by Gasteiger charge is 2.12. The standard InChI is InChI=1S/C13H26N2O2/c1-11(2)10-13(16)15-6-3-9-17-12-4-7-14-8-5-12/h11-12,14H,3-10H2,1-2H3,(H,15,16). The smallest absolute Gasteiger partial charge is 0.220 e. The van der Waals surface area contributed by atoms with Crippen molar-refractivity contribution in [2.75, 3.05) is 26.2 Å². The van der Waals surface area contributed by atoms with E-state index in [9.17, 15) is 4.79 Å². The third kappa shape index (κ3) is 7.34. The molecule has 0 atom stereocenters. The highest BCUT2D eigenvalue weighted by atomic mass is 16.5. The van der Waals surface area contributed by atoms with Crippen LogP contribution in [0.25, 0.3) is 0 Å². The van der Waals surface area contributed by atoms with Crippen LogP contribution in [-0.4, -0.2) is 38.3 Å². The van der Waals surface area contributed by atoms with Crippen molar-refractivity contribution in [3.63, 3.8) is 0 Å². The number of ether oxygens (including phenoxy) is 1. The summed E-state index contributed by atoms with van der Waals surface area (Å²) in [4.78, 5) is 11.4. The van der Waals surface area contributed by atoms with Gasteiger partial charge in [0.15, 0.2) is 0 Å². The van der Waals surface area contributed by atoms with Crippen molar-refractivity contribution in [1.29, 1.82) is 0 Å². The van der Waals surface area contributed by atoms with E-state index in [4.69, 9.17) is 4.74 Å². The van der Waals surface area contributed by atoms with Gasteiger partial charge in [0.2, 0.25) is 5.91 Å². The van der Waals surface area contributed by atoms with Crippen molar-refractivity contribution in [3.8, 4) is 0 Å². The minimum Gasteiger partial charge on any atom is -0.378 e. The maximum absolute atomic E-state index is 11.4. The molecule has 0 aromatic rings. The van der Waals surface area contributed by atoms with Gasteiger partial charge in [-0.1, -0.05) is 13.8 Å². The molecule has 1 amide bonds. The topological polar surface area (TPSA) is 50.4 Å². The Morgan fingerprint density at radius 2 is 2.12 bits per heavy atom. The SMILES string of the molecule is CC(C)CC(=O)NCCCOC1CCNCC1. The lowest BCUT2D eigenvalue weighted by Crippen LogP contribution is -2.33. The van der Waals surface area contributed by atoms with E-state index in [0.717, 1.165) is 45.5 Å². The van der Waals surface area contributed by atoms with E-state index in [1.165, 1.54) is 0 Å². The molecular weight excluding hydrogens is 216 g/mol. The molecule has 1 rings (SSSR count). The second-order valence-electron chi connectivity index (χ2n) is 5.12. The molecule has 1 aliphatic rings. The molecule has 0 aromatic heterocycles. The van der Waals surface area contributed by atoms with Crippen molar-refractivity contribution in [2.45, 2.75) is 45.6 Å². The second-order valence-corrected chi connectivity index (χ2v) is 5.12. The zero-order valence-electron chi connectivity index (χ0n) is 11.1. The predicted molar refractivity (Wildman–Crippen MR) is 68.9 cm³/mol. The van der Waals surface area contributed by atoms with Crippen LogP contribution in [0.3, 0.4) is 0 Å². The first-order valence-corrected chi connectivity index (χ1v) is 6.77. The summed E-state index contributed by atoms with van der Waals surface area (Å²) in [5, 5.41) is 6.23. The number of nitrogens with one attached hydrogen (secondary N) is 2. The van der Waals surface area contributed by atoms with Gasteiger partial charge in [-0.25, -0.2) is 0 Å². The second kappa shape index (κ2) is 8.48. The Balaban J connectivity index is 1.91. The Bertz CT molecular complexity index is 213. The molecular formula is C13H26N2O2. The van der Waals surface area contributed by atoms with Crippen LogP contribution in [0, 0.1) is 5.92 Å². The number of hydrogen-bond acceptors (Lipinski definition) is 3. The molecule has 0 aromatic carbocycles. The van der Waals surface area contributed by atoms with Crippen LogP contribution in [0.1, 0.15) is 39.5 Å². The molecule has 2 N–H and O–H groups in total. The normalized spacial score (nSPS) is 17.4. The molecule has 1 saturated heterocycles. The lowest BCUT2D eigenvalue weighted by molar-refractivity contribution is -0.121. The lowest BCUT2D eigenvalue weighted by atomic mass is 10.1. The molecule has 0 aliphatic carbocycles. The van der Waals surface area contributed by atoms with E-state index >= 15 is 0 Å². The summed E-state index contributed by atoms with van der Waals surface area (Å²) in [5.41, 5.74) is 0. The summed E-state index contributed by atoms with van der Waals surface area (Å²) in [6.45, 7) is 7.73. The number of amides is 1.